The quantitative estimate of drug-likeness (QED) is 0.668. The molecule has 1 rings (SSSR count). The number of hydrogen-bond donors (Lipinski definition) is 1. The van der Waals surface area contributed by atoms with Gasteiger partial charge in [-0.1, -0.05) is 0 Å². The largest absolute Gasteiger partial charge is 0.573 e. The fourth-order valence-corrected chi connectivity index (χ4v) is 1.71. The zero-order valence-corrected chi connectivity index (χ0v) is 11.1. The lowest BCUT2D eigenvalue weighted by Crippen LogP contribution is -2.24. The second kappa shape index (κ2) is 6.65. The van der Waals surface area contributed by atoms with Crippen LogP contribution in [0.3, 0.4) is 0 Å². The molecule has 0 bridgehead atoms. The van der Waals surface area contributed by atoms with E-state index in [4.69, 9.17) is 11.6 Å². The molecule has 5 nitrogen and oxygen atoms in total. The van der Waals surface area contributed by atoms with Crippen molar-refractivity contribution in [2.45, 2.75) is 25.6 Å². The zero-order chi connectivity index (χ0) is 15.3. The summed E-state index contributed by atoms with van der Waals surface area (Å²) in [4.78, 5) is 24.9. The third-order valence-corrected chi connectivity index (χ3v) is 2.48. The number of alkyl halides is 4. The van der Waals surface area contributed by atoms with Gasteiger partial charge in [0.2, 0.25) is 0 Å². The fraction of sp³-hybridized carbons (Fsp3) is 0.455. The van der Waals surface area contributed by atoms with Crippen LogP contribution in [0.4, 0.5) is 13.2 Å². The first-order chi connectivity index (χ1) is 9.28. The van der Waals surface area contributed by atoms with Crippen LogP contribution in [0.1, 0.15) is 18.1 Å². The van der Waals surface area contributed by atoms with E-state index in [0.717, 1.165) is 6.20 Å². The molecule has 0 unspecified atom stereocenters. The van der Waals surface area contributed by atoms with Gasteiger partial charge in [0.1, 0.15) is 5.75 Å². The molecule has 0 saturated carbocycles. The minimum atomic E-state index is -5.00. The lowest BCUT2D eigenvalue weighted by atomic mass is 10.1. The van der Waals surface area contributed by atoms with Crippen LogP contribution < -0.4 is 10.3 Å². The number of rotatable bonds is 5. The predicted molar refractivity (Wildman–Crippen MR) is 63.6 cm³/mol. The summed E-state index contributed by atoms with van der Waals surface area (Å²) in [6, 6.07) is 0. The molecule has 0 atom stereocenters. The van der Waals surface area contributed by atoms with Crippen LogP contribution >= 0.6 is 11.6 Å². The molecule has 112 valence electrons. The Morgan fingerprint density at radius 1 is 1.45 bits per heavy atom. The molecule has 1 aromatic rings. The fourth-order valence-electron chi connectivity index (χ4n) is 1.47. The number of H-pyrrole nitrogens is 1. The molecule has 1 aromatic heterocycles. The van der Waals surface area contributed by atoms with Gasteiger partial charge in [-0.15, -0.1) is 24.8 Å². The van der Waals surface area contributed by atoms with E-state index < -0.39 is 41.5 Å². The van der Waals surface area contributed by atoms with Crippen molar-refractivity contribution in [1.82, 2.24) is 4.98 Å². The lowest BCUT2D eigenvalue weighted by molar-refractivity contribution is -0.275. The van der Waals surface area contributed by atoms with Crippen LogP contribution in [0.5, 0.6) is 5.75 Å². The minimum Gasteiger partial charge on any atom is -0.466 e. The highest BCUT2D eigenvalue weighted by atomic mass is 35.5. The molecular weight excluding hydrogens is 303 g/mol. The Kier molecular flexibility index (Phi) is 5.43. The summed E-state index contributed by atoms with van der Waals surface area (Å²) in [5.74, 6) is -1.99. The zero-order valence-electron chi connectivity index (χ0n) is 10.3. The molecule has 0 radical (unpaired) electrons. The number of aromatic nitrogens is 1. The Balaban J connectivity index is 3.22. The number of halogens is 4. The van der Waals surface area contributed by atoms with Crippen molar-refractivity contribution < 1.29 is 27.4 Å². The van der Waals surface area contributed by atoms with Gasteiger partial charge in [-0.05, 0) is 6.92 Å². The molecule has 20 heavy (non-hydrogen) atoms. The SMILES string of the molecule is CCOC(=O)Cc1c[nH]c(=O)c(CCl)c1OC(F)(F)F. The molecule has 0 aliphatic carbocycles. The summed E-state index contributed by atoms with van der Waals surface area (Å²) in [5.41, 5.74) is -1.37. The van der Waals surface area contributed by atoms with Gasteiger partial charge in [-0.3, -0.25) is 9.59 Å². The van der Waals surface area contributed by atoms with Crippen molar-refractivity contribution in [2.24, 2.45) is 0 Å². The summed E-state index contributed by atoms with van der Waals surface area (Å²) in [6.45, 7) is 1.64. The number of nitrogens with one attached hydrogen (secondary N) is 1. The van der Waals surface area contributed by atoms with Crippen molar-refractivity contribution in [2.75, 3.05) is 6.61 Å². The molecule has 0 spiro atoms. The van der Waals surface area contributed by atoms with E-state index in [2.05, 4.69) is 14.5 Å². The highest BCUT2D eigenvalue weighted by Crippen LogP contribution is 2.29. The number of ether oxygens (including phenoxy) is 2. The van der Waals surface area contributed by atoms with Crippen LogP contribution in [0, 0.1) is 0 Å². The van der Waals surface area contributed by atoms with E-state index in [-0.39, 0.29) is 12.2 Å². The summed E-state index contributed by atoms with van der Waals surface area (Å²) in [5, 5.41) is 0. The molecule has 0 aliphatic rings. The van der Waals surface area contributed by atoms with Gasteiger partial charge in [0.15, 0.2) is 0 Å². The molecule has 1 heterocycles. The molecule has 9 heteroatoms. The van der Waals surface area contributed by atoms with Crippen LogP contribution in [-0.4, -0.2) is 23.9 Å². The molecule has 1 N–H and O–H groups in total. The predicted octanol–water partition coefficient (Wildman–Crippen LogP) is 2.12. The third-order valence-electron chi connectivity index (χ3n) is 2.21. The van der Waals surface area contributed by atoms with Crippen molar-refractivity contribution in [1.29, 1.82) is 0 Å². The van der Waals surface area contributed by atoms with Crippen LogP contribution in [0.2, 0.25) is 0 Å². The lowest BCUT2D eigenvalue weighted by Gasteiger charge is -2.15. The molecule has 0 aliphatic heterocycles. The monoisotopic (exact) mass is 313 g/mol. The molecule has 0 aromatic carbocycles. The Morgan fingerprint density at radius 2 is 2.10 bits per heavy atom. The van der Waals surface area contributed by atoms with Gasteiger partial charge >= 0.3 is 12.3 Å². The maximum atomic E-state index is 12.4. The maximum Gasteiger partial charge on any atom is 0.573 e. The van der Waals surface area contributed by atoms with Crippen molar-refractivity contribution in [3.05, 3.63) is 27.7 Å². The average molecular weight is 314 g/mol. The number of esters is 1. The van der Waals surface area contributed by atoms with Gasteiger partial charge in [0.25, 0.3) is 5.56 Å². The second-order valence-corrected chi connectivity index (χ2v) is 3.88. The Labute approximate surface area is 116 Å². The number of carbonyl (C=O) groups excluding carboxylic acids is 1. The summed E-state index contributed by atoms with van der Waals surface area (Å²) < 4.78 is 45.5. The first-order valence-electron chi connectivity index (χ1n) is 5.49. The summed E-state index contributed by atoms with van der Waals surface area (Å²) in [7, 11) is 0. The highest BCUT2D eigenvalue weighted by molar-refractivity contribution is 6.17. The standard InChI is InChI=1S/C11H11ClF3NO4/c1-2-19-8(17)3-6-5-16-10(18)7(4-12)9(6)20-11(13,14)15/h5H,2-4H2,1H3,(H,16,18). The summed E-state index contributed by atoms with van der Waals surface area (Å²) in [6.07, 6.45) is -4.51. The first-order valence-corrected chi connectivity index (χ1v) is 6.02. The Bertz CT molecular complexity index is 541. The average Bonchev–Trinajstić information content (AvgIpc) is 2.31. The van der Waals surface area contributed by atoms with Gasteiger partial charge in [0.05, 0.1) is 24.5 Å². The minimum absolute atomic E-state index is 0.0833. The highest BCUT2D eigenvalue weighted by Gasteiger charge is 2.34. The van der Waals surface area contributed by atoms with Crippen LogP contribution in [-0.2, 0) is 21.8 Å². The van der Waals surface area contributed by atoms with E-state index >= 15 is 0 Å². The number of hydrogen-bond acceptors (Lipinski definition) is 4. The molecular formula is C11H11ClF3NO4. The van der Waals surface area contributed by atoms with Crippen molar-refractivity contribution >= 4 is 17.6 Å². The van der Waals surface area contributed by atoms with E-state index in [9.17, 15) is 22.8 Å². The van der Waals surface area contributed by atoms with E-state index in [1.807, 2.05) is 0 Å². The topological polar surface area (TPSA) is 68.4 Å². The number of aromatic amines is 1. The Morgan fingerprint density at radius 3 is 2.60 bits per heavy atom. The maximum absolute atomic E-state index is 12.4. The van der Waals surface area contributed by atoms with Crippen molar-refractivity contribution in [3.8, 4) is 5.75 Å². The third kappa shape index (κ3) is 4.44. The normalized spacial score (nSPS) is 11.2. The van der Waals surface area contributed by atoms with Crippen LogP contribution in [0.25, 0.3) is 0 Å². The van der Waals surface area contributed by atoms with Gasteiger partial charge in [-0.25, -0.2) is 0 Å². The molecule has 0 amide bonds. The van der Waals surface area contributed by atoms with E-state index in [0.29, 0.717) is 0 Å². The molecule has 0 saturated heterocycles. The second-order valence-electron chi connectivity index (χ2n) is 3.61. The first kappa shape index (κ1) is 16.4. The van der Waals surface area contributed by atoms with Gasteiger partial charge < -0.3 is 14.5 Å². The van der Waals surface area contributed by atoms with Crippen molar-refractivity contribution in [3.63, 3.8) is 0 Å². The number of pyridine rings is 1. The van der Waals surface area contributed by atoms with E-state index in [1.165, 1.54) is 0 Å². The summed E-state index contributed by atoms with van der Waals surface area (Å²) >= 11 is 5.45. The number of carbonyl (C=O) groups is 1. The van der Waals surface area contributed by atoms with Crippen LogP contribution in [0.15, 0.2) is 11.0 Å². The van der Waals surface area contributed by atoms with Gasteiger partial charge in [-0.2, -0.15) is 0 Å². The Hall–Kier alpha value is -1.70. The molecule has 0 fully saturated rings. The van der Waals surface area contributed by atoms with E-state index in [1.54, 1.807) is 6.92 Å². The van der Waals surface area contributed by atoms with Gasteiger partial charge in [0, 0.05) is 11.8 Å². The smallest absolute Gasteiger partial charge is 0.466 e.